The van der Waals surface area contributed by atoms with Crippen LogP contribution in [0.1, 0.15) is 24.2 Å². The van der Waals surface area contributed by atoms with Crippen molar-refractivity contribution in [2.75, 3.05) is 5.88 Å². The maximum Gasteiger partial charge on any atom is 0.258 e. The molecular formula is C12H15ClFNO2. The van der Waals surface area contributed by atoms with Gasteiger partial charge >= 0.3 is 0 Å². The highest BCUT2D eigenvalue weighted by Gasteiger charge is 2.20. The van der Waals surface area contributed by atoms with Crippen LogP contribution in [0.4, 0.5) is 4.39 Å². The van der Waals surface area contributed by atoms with Crippen molar-refractivity contribution in [2.45, 2.75) is 19.9 Å². The molecule has 1 rings (SSSR count). The van der Waals surface area contributed by atoms with Crippen molar-refractivity contribution < 1.29 is 14.3 Å². The average molecular weight is 260 g/mol. The van der Waals surface area contributed by atoms with Gasteiger partial charge in [-0.2, -0.15) is 0 Å². The Bertz CT molecular complexity index is 391. The summed E-state index contributed by atoms with van der Waals surface area (Å²) in [7, 11) is 0. The molecule has 2 atom stereocenters. The second-order valence-electron chi connectivity index (χ2n) is 4.03. The third-order valence-corrected chi connectivity index (χ3v) is 3.16. The second-order valence-corrected chi connectivity index (χ2v) is 4.34. The van der Waals surface area contributed by atoms with Gasteiger partial charge in [-0.15, -0.1) is 11.6 Å². The van der Waals surface area contributed by atoms with E-state index in [0.717, 1.165) is 6.07 Å². The number of alkyl halides is 1. The van der Waals surface area contributed by atoms with Crippen LogP contribution in [0.25, 0.3) is 0 Å². The van der Waals surface area contributed by atoms with Crippen molar-refractivity contribution in [1.82, 2.24) is 5.32 Å². The molecule has 0 bridgehead atoms. The first-order valence-corrected chi connectivity index (χ1v) is 5.85. The van der Waals surface area contributed by atoms with Gasteiger partial charge in [0.15, 0.2) is 0 Å². The number of benzene rings is 1. The number of phenols is 1. The van der Waals surface area contributed by atoms with Gasteiger partial charge < -0.3 is 10.4 Å². The van der Waals surface area contributed by atoms with Gasteiger partial charge in [-0.3, -0.25) is 4.79 Å². The second kappa shape index (κ2) is 5.87. The fourth-order valence-electron chi connectivity index (χ4n) is 1.29. The lowest BCUT2D eigenvalue weighted by Crippen LogP contribution is -2.38. The number of carbonyl (C=O) groups excluding carboxylic acids is 1. The maximum atomic E-state index is 13.4. The van der Waals surface area contributed by atoms with Gasteiger partial charge in [-0.25, -0.2) is 4.39 Å². The Kier molecular flexibility index (Phi) is 4.75. The molecule has 1 aromatic rings. The molecule has 1 amide bonds. The Morgan fingerprint density at radius 2 is 2.18 bits per heavy atom. The number of phenolic OH excluding ortho intramolecular Hbond substituents is 1. The zero-order valence-electron chi connectivity index (χ0n) is 9.71. The van der Waals surface area contributed by atoms with Gasteiger partial charge in [-0.1, -0.05) is 13.0 Å². The third kappa shape index (κ3) is 3.33. The first-order chi connectivity index (χ1) is 7.97. The van der Waals surface area contributed by atoms with Gasteiger partial charge in [-0.05, 0) is 25.0 Å². The SMILES string of the molecule is CC(CCl)C(C)NC(=O)c1c(O)cccc1F. The van der Waals surface area contributed by atoms with Crippen LogP contribution in [0.3, 0.4) is 0 Å². The molecule has 0 saturated heterocycles. The predicted molar refractivity (Wildman–Crippen MR) is 64.9 cm³/mol. The monoisotopic (exact) mass is 259 g/mol. The molecule has 0 spiro atoms. The lowest BCUT2D eigenvalue weighted by atomic mass is 10.1. The van der Waals surface area contributed by atoms with Crippen LogP contribution >= 0.6 is 11.6 Å². The molecule has 2 unspecified atom stereocenters. The van der Waals surface area contributed by atoms with E-state index in [-0.39, 0.29) is 23.3 Å². The lowest BCUT2D eigenvalue weighted by Gasteiger charge is -2.19. The zero-order valence-corrected chi connectivity index (χ0v) is 10.5. The normalized spacial score (nSPS) is 14.1. The first kappa shape index (κ1) is 13.8. The van der Waals surface area contributed by atoms with E-state index in [1.54, 1.807) is 6.92 Å². The predicted octanol–water partition coefficient (Wildman–Crippen LogP) is 2.52. The highest BCUT2D eigenvalue weighted by atomic mass is 35.5. The molecule has 5 heteroatoms. The van der Waals surface area contributed by atoms with E-state index in [2.05, 4.69) is 5.32 Å². The standard InChI is InChI=1S/C12H15ClFNO2/c1-7(6-13)8(2)15-12(17)11-9(14)4-3-5-10(11)16/h3-5,7-8,16H,6H2,1-2H3,(H,15,17). The third-order valence-electron chi connectivity index (χ3n) is 2.67. The molecule has 0 aliphatic heterocycles. The molecule has 0 radical (unpaired) electrons. The highest BCUT2D eigenvalue weighted by molar-refractivity contribution is 6.18. The van der Waals surface area contributed by atoms with Crippen LogP contribution < -0.4 is 5.32 Å². The van der Waals surface area contributed by atoms with Crippen molar-refractivity contribution in [1.29, 1.82) is 0 Å². The van der Waals surface area contributed by atoms with E-state index in [4.69, 9.17) is 11.6 Å². The van der Waals surface area contributed by atoms with E-state index in [9.17, 15) is 14.3 Å². The maximum absolute atomic E-state index is 13.4. The fraction of sp³-hybridized carbons (Fsp3) is 0.417. The molecule has 0 heterocycles. The number of hydrogen-bond acceptors (Lipinski definition) is 2. The summed E-state index contributed by atoms with van der Waals surface area (Å²) < 4.78 is 13.4. The fourth-order valence-corrected chi connectivity index (χ4v) is 1.56. The lowest BCUT2D eigenvalue weighted by molar-refractivity contribution is 0.0924. The number of rotatable bonds is 4. The van der Waals surface area contributed by atoms with Gasteiger partial charge in [0.2, 0.25) is 0 Å². The molecule has 2 N–H and O–H groups in total. The van der Waals surface area contributed by atoms with Crippen molar-refractivity contribution >= 4 is 17.5 Å². The van der Waals surface area contributed by atoms with E-state index in [0.29, 0.717) is 5.88 Å². The molecule has 0 aromatic heterocycles. The van der Waals surface area contributed by atoms with E-state index in [1.165, 1.54) is 12.1 Å². The molecular weight excluding hydrogens is 245 g/mol. The number of carbonyl (C=O) groups is 1. The molecule has 1 aromatic carbocycles. The quantitative estimate of drug-likeness (QED) is 0.817. The van der Waals surface area contributed by atoms with Crippen LogP contribution in [-0.2, 0) is 0 Å². The summed E-state index contributed by atoms with van der Waals surface area (Å²) in [5, 5.41) is 12.0. The summed E-state index contributed by atoms with van der Waals surface area (Å²) in [5.74, 6) is -1.29. The number of nitrogens with one attached hydrogen (secondary N) is 1. The van der Waals surface area contributed by atoms with E-state index in [1.807, 2.05) is 6.92 Å². The Labute approximate surface area is 105 Å². The Morgan fingerprint density at radius 3 is 2.71 bits per heavy atom. The summed E-state index contributed by atoms with van der Waals surface area (Å²) in [6.45, 7) is 3.65. The van der Waals surface area contributed by atoms with Crippen LogP contribution in [-0.4, -0.2) is 22.9 Å². The molecule has 0 saturated carbocycles. The minimum Gasteiger partial charge on any atom is -0.507 e. The van der Waals surface area contributed by atoms with Crippen molar-refractivity contribution in [3.8, 4) is 5.75 Å². The van der Waals surface area contributed by atoms with Crippen LogP contribution in [0.5, 0.6) is 5.75 Å². The minimum atomic E-state index is -0.742. The smallest absolute Gasteiger partial charge is 0.258 e. The highest BCUT2D eigenvalue weighted by Crippen LogP contribution is 2.20. The Morgan fingerprint density at radius 1 is 1.53 bits per heavy atom. The summed E-state index contributed by atoms with van der Waals surface area (Å²) in [5.41, 5.74) is -0.332. The molecule has 0 aliphatic rings. The largest absolute Gasteiger partial charge is 0.507 e. The summed E-state index contributed by atoms with van der Waals surface area (Å²) in [6.07, 6.45) is 0. The topological polar surface area (TPSA) is 49.3 Å². The number of amides is 1. The van der Waals surface area contributed by atoms with Gasteiger partial charge in [0.05, 0.1) is 0 Å². The van der Waals surface area contributed by atoms with Crippen molar-refractivity contribution in [3.05, 3.63) is 29.6 Å². The van der Waals surface area contributed by atoms with E-state index < -0.39 is 11.7 Å². The van der Waals surface area contributed by atoms with Crippen LogP contribution in [0, 0.1) is 11.7 Å². The van der Waals surface area contributed by atoms with Crippen molar-refractivity contribution in [3.63, 3.8) is 0 Å². The van der Waals surface area contributed by atoms with Gasteiger partial charge in [0, 0.05) is 11.9 Å². The average Bonchev–Trinajstić information content (AvgIpc) is 2.27. The minimum absolute atomic E-state index is 0.0644. The zero-order chi connectivity index (χ0) is 13.0. The van der Waals surface area contributed by atoms with Gasteiger partial charge in [0.25, 0.3) is 5.91 Å². The summed E-state index contributed by atoms with van der Waals surface area (Å²) in [6, 6.07) is 3.54. The van der Waals surface area contributed by atoms with Crippen LogP contribution in [0.15, 0.2) is 18.2 Å². The number of hydrogen-bond donors (Lipinski definition) is 2. The van der Waals surface area contributed by atoms with Crippen molar-refractivity contribution in [2.24, 2.45) is 5.92 Å². The molecule has 94 valence electrons. The Balaban J connectivity index is 2.84. The summed E-state index contributed by atoms with van der Waals surface area (Å²) >= 11 is 5.66. The molecule has 0 aliphatic carbocycles. The number of aromatic hydroxyl groups is 1. The van der Waals surface area contributed by atoms with Crippen LogP contribution in [0.2, 0.25) is 0 Å². The van der Waals surface area contributed by atoms with E-state index >= 15 is 0 Å². The Hall–Kier alpha value is -1.29. The molecule has 17 heavy (non-hydrogen) atoms. The molecule has 0 fully saturated rings. The first-order valence-electron chi connectivity index (χ1n) is 5.31. The molecule has 3 nitrogen and oxygen atoms in total. The van der Waals surface area contributed by atoms with Gasteiger partial charge in [0.1, 0.15) is 17.1 Å². The summed E-state index contributed by atoms with van der Waals surface area (Å²) in [4.78, 5) is 11.8. The number of halogens is 2.